The molecule has 2 aromatic carbocycles. The fraction of sp³-hybridized carbons (Fsp3) is 0. The standard InChI is InChI=1S/C13H8Br2FNO4S/c14-7-1-4-10(15)12(5-7)22(20,21)17-11-6-8(16)2-3-9(11)13(18)19/h1-6,17H,(H,18,19). The maximum Gasteiger partial charge on any atom is 0.337 e. The van der Waals surface area contributed by atoms with Crippen LogP contribution in [0.25, 0.3) is 0 Å². The van der Waals surface area contributed by atoms with E-state index in [1.807, 2.05) is 0 Å². The van der Waals surface area contributed by atoms with Crippen LogP contribution in [0.4, 0.5) is 10.1 Å². The summed E-state index contributed by atoms with van der Waals surface area (Å²) >= 11 is 6.27. The zero-order chi connectivity index (χ0) is 16.5. The average Bonchev–Trinajstić information content (AvgIpc) is 2.40. The van der Waals surface area contributed by atoms with Crippen LogP contribution < -0.4 is 4.72 Å². The highest BCUT2D eigenvalue weighted by Gasteiger charge is 2.21. The second-order valence-electron chi connectivity index (χ2n) is 4.18. The SMILES string of the molecule is O=C(O)c1ccc(F)cc1NS(=O)(=O)c1cc(Br)ccc1Br. The summed E-state index contributed by atoms with van der Waals surface area (Å²) in [5, 5.41) is 9.05. The van der Waals surface area contributed by atoms with Gasteiger partial charge in [0.05, 0.1) is 11.3 Å². The third-order valence-electron chi connectivity index (χ3n) is 2.64. The summed E-state index contributed by atoms with van der Waals surface area (Å²) < 4.78 is 41.0. The summed E-state index contributed by atoms with van der Waals surface area (Å²) in [6.45, 7) is 0. The predicted molar refractivity (Wildman–Crippen MR) is 86.0 cm³/mol. The second kappa shape index (κ2) is 6.35. The molecule has 0 aliphatic carbocycles. The fourth-order valence-electron chi connectivity index (χ4n) is 1.67. The Balaban J connectivity index is 2.52. The monoisotopic (exact) mass is 451 g/mol. The van der Waals surface area contributed by atoms with Crippen molar-refractivity contribution in [3.05, 3.63) is 56.7 Å². The average molecular weight is 453 g/mol. The van der Waals surface area contributed by atoms with Gasteiger partial charge in [-0.15, -0.1) is 0 Å². The molecule has 0 aliphatic rings. The first-order valence-corrected chi connectivity index (χ1v) is 8.78. The summed E-state index contributed by atoms with van der Waals surface area (Å²) in [5.41, 5.74) is -0.699. The molecule has 0 fully saturated rings. The third kappa shape index (κ3) is 3.65. The number of carbonyl (C=O) groups is 1. The smallest absolute Gasteiger partial charge is 0.337 e. The summed E-state index contributed by atoms with van der Waals surface area (Å²) in [6, 6.07) is 7.23. The first kappa shape index (κ1) is 16.9. The Labute approximate surface area is 142 Å². The molecule has 0 saturated carbocycles. The van der Waals surface area contributed by atoms with E-state index in [2.05, 4.69) is 36.6 Å². The Morgan fingerprint density at radius 3 is 2.45 bits per heavy atom. The van der Waals surface area contributed by atoms with Crippen molar-refractivity contribution in [2.24, 2.45) is 0 Å². The van der Waals surface area contributed by atoms with Gasteiger partial charge in [0.2, 0.25) is 0 Å². The number of nitrogens with one attached hydrogen (secondary N) is 1. The molecule has 2 aromatic rings. The number of anilines is 1. The topological polar surface area (TPSA) is 83.5 Å². The molecule has 5 nitrogen and oxygen atoms in total. The van der Waals surface area contributed by atoms with Crippen LogP contribution in [0.15, 0.2) is 50.2 Å². The van der Waals surface area contributed by atoms with Crippen molar-refractivity contribution >= 4 is 53.5 Å². The summed E-state index contributed by atoms with van der Waals surface area (Å²) in [7, 11) is -4.10. The van der Waals surface area contributed by atoms with Gasteiger partial charge in [0.1, 0.15) is 10.7 Å². The van der Waals surface area contributed by atoms with Gasteiger partial charge in [0.25, 0.3) is 10.0 Å². The highest BCUT2D eigenvalue weighted by Crippen LogP contribution is 2.28. The molecule has 0 atom stereocenters. The Morgan fingerprint density at radius 2 is 1.82 bits per heavy atom. The maximum absolute atomic E-state index is 13.3. The maximum atomic E-state index is 13.3. The van der Waals surface area contributed by atoms with Gasteiger partial charge in [-0.3, -0.25) is 4.72 Å². The number of rotatable bonds is 4. The van der Waals surface area contributed by atoms with E-state index in [1.165, 1.54) is 12.1 Å². The van der Waals surface area contributed by atoms with Gasteiger partial charge >= 0.3 is 5.97 Å². The van der Waals surface area contributed by atoms with Gasteiger partial charge in [-0.25, -0.2) is 17.6 Å². The normalized spacial score (nSPS) is 11.2. The van der Waals surface area contributed by atoms with Crippen molar-refractivity contribution in [3.63, 3.8) is 0 Å². The quantitative estimate of drug-likeness (QED) is 0.737. The number of halogens is 3. The highest BCUT2D eigenvalue weighted by molar-refractivity contribution is 9.11. The molecule has 0 aromatic heterocycles. The van der Waals surface area contributed by atoms with Crippen molar-refractivity contribution in [1.29, 1.82) is 0 Å². The molecule has 0 aliphatic heterocycles. The highest BCUT2D eigenvalue weighted by atomic mass is 79.9. The first-order chi connectivity index (χ1) is 10.2. The van der Waals surface area contributed by atoms with Gasteiger partial charge in [0.15, 0.2) is 0 Å². The number of aromatic carboxylic acids is 1. The number of benzene rings is 2. The minimum atomic E-state index is -4.10. The molecule has 0 saturated heterocycles. The van der Waals surface area contributed by atoms with Crippen molar-refractivity contribution in [2.75, 3.05) is 4.72 Å². The molecule has 0 amide bonds. The summed E-state index contributed by atoms with van der Waals surface area (Å²) in [6.07, 6.45) is 0. The van der Waals surface area contributed by atoms with E-state index < -0.39 is 21.8 Å². The van der Waals surface area contributed by atoms with Gasteiger partial charge in [-0.05, 0) is 52.3 Å². The van der Waals surface area contributed by atoms with Gasteiger partial charge in [-0.1, -0.05) is 15.9 Å². The van der Waals surface area contributed by atoms with Gasteiger partial charge in [-0.2, -0.15) is 0 Å². The molecular weight excluding hydrogens is 445 g/mol. The fourth-order valence-corrected chi connectivity index (χ4v) is 4.24. The lowest BCUT2D eigenvalue weighted by Gasteiger charge is -2.12. The van der Waals surface area contributed by atoms with Crippen molar-refractivity contribution in [1.82, 2.24) is 0 Å². The zero-order valence-corrected chi connectivity index (χ0v) is 14.7. The van der Waals surface area contributed by atoms with E-state index in [1.54, 1.807) is 6.07 Å². The second-order valence-corrected chi connectivity index (χ2v) is 7.60. The summed E-state index contributed by atoms with van der Waals surface area (Å²) in [4.78, 5) is 11.0. The molecule has 2 rings (SSSR count). The van der Waals surface area contributed by atoms with Gasteiger partial charge < -0.3 is 5.11 Å². The Bertz CT molecular complexity index is 855. The molecule has 0 bridgehead atoms. The summed E-state index contributed by atoms with van der Waals surface area (Å²) in [5.74, 6) is -2.12. The molecule has 22 heavy (non-hydrogen) atoms. The minimum absolute atomic E-state index is 0.109. The van der Waals surface area contributed by atoms with Crippen LogP contribution in [-0.4, -0.2) is 19.5 Å². The van der Waals surface area contributed by atoms with Crippen LogP contribution in [0.3, 0.4) is 0 Å². The van der Waals surface area contributed by atoms with E-state index in [-0.39, 0.29) is 20.6 Å². The Hall–Kier alpha value is -1.45. The van der Waals surface area contributed by atoms with E-state index in [0.717, 1.165) is 18.2 Å². The lowest BCUT2D eigenvalue weighted by molar-refractivity contribution is 0.0698. The first-order valence-electron chi connectivity index (χ1n) is 5.71. The largest absolute Gasteiger partial charge is 0.478 e. The number of sulfonamides is 1. The minimum Gasteiger partial charge on any atom is -0.478 e. The van der Waals surface area contributed by atoms with Gasteiger partial charge in [0, 0.05) is 8.95 Å². The molecule has 0 radical (unpaired) electrons. The Kier molecular flexibility index (Phi) is 4.88. The van der Waals surface area contributed by atoms with E-state index in [4.69, 9.17) is 5.11 Å². The Morgan fingerprint density at radius 1 is 1.14 bits per heavy atom. The van der Waals surface area contributed by atoms with Crippen LogP contribution >= 0.6 is 31.9 Å². The van der Waals surface area contributed by atoms with E-state index in [0.29, 0.717) is 4.47 Å². The number of hydrogen-bond acceptors (Lipinski definition) is 3. The van der Waals surface area contributed by atoms with Crippen molar-refractivity contribution in [2.45, 2.75) is 4.90 Å². The molecule has 116 valence electrons. The van der Waals surface area contributed by atoms with E-state index >= 15 is 0 Å². The number of carboxylic acids is 1. The molecule has 0 spiro atoms. The molecule has 0 unspecified atom stereocenters. The van der Waals surface area contributed by atoms with Crippen LogP contribution in [0.1, 0.15) is 10.4 Å². The van der Waals surface area contributed by atoms with Crippen molar-refractivity contribution < 1.29 is 22.7 Å². The lowest BCUT2D eigenvalue weighted by Crippen LogP contribution is -2.16. The van der Waals surface area contributed by atoms with Crippen LogP contribution in [0.5, 0.6) is 0 Å². The number of carboxylic acid groups (broad SMARTS) is 1. The van der Waals surface area contributed by atoms with Crippen molar-refractivity contribution in [3.8, 4) is 0 Å². The van der Waals surface area contributed by atoms with E-state index in [9.17, 15) is 17.6 Å². The predicted octanol–water partition coefficient (Wildman–Crippen LogP) is 3.85. The van der Waals surface area contributed by atoms with Crippen LogP contribution in [0.2, 0.25) is 0 Å². The van der Waals surface area contributed by atoms with Crippen LogP contribution in [-0.2, 0) is 10.0 Å². The van der Waals surface area contributed by atoms with Crippen LogP contribution in [0, 0.1) is 5.82 Å². The molecule has 0 heterocycles. The zero-order valence-electron chi connectivity index (χ0n) is 10.7. The molecular formula is C13H8Br2FNO4S. The third-order valence-corrected chi connectivity index (χ3v) is 5.49. The lowest BCUT2D eigenvalue weighted by atomic mass is 10.2. The molecule has 2 N–H and O–H groups in total. The molecule has 9 heteroatoms. The number of hydrogen-bond donors (Lipinski definition) is 2.